The molecule has 0 bridgehead atoms. The number of carbonyl (C=O) groups is 2. The average molecular weight is 320 g/mol. The van der Waals surface area contributed by atoms with E-state index in [0.29, 0.717) is 12.8 Å². The van der Waals surface area contributed by atoms with Gasteiger partial charge in [-0.05, 0) is 36.8 Å². The summed E-state index contributed by atoms with van der Waals surface area (Å²) < 4.78 is 0. The quantitative estimate of drug-likeness (QED) is 0.493. The second-order valence-electron chi connectivity index (χ2n) is 3.99. The zero-order chi connectivity index (χ0) is 14.6. The predicted octanol–water partition coefficient (Wildman–Crippen LogP) is 0.963. The summed E-state index contributed by atoms with van der Waals surface area (Å²) in [5.41, 5.74) is 0.411. The number of hydrogen-bond acceptors (Lipinski definition) is 4. The number of unbranched alkanes of at least 4 members (excludes halogenated alkanes) is 2. The second kappa shape index (κ2) is 15.1. The fourth-order valence-electron chi connectivity index (χ4n) is 0.984. The third-order valence-corrected chi connectivity index (χ3v) is 2.24. The summed E-state index contributed by atoms with van der Waals surface area (Å²) in [6.07, 6.45) is 4.86. The van der Waals surface area contributed by atoms with Crippen LogP contribution in [0.25, 0.3) is 0 Å². The van der Waals surface area contributed by atoms with Crippen molar-refractivity contribution in [3.63, 3.8) is 0 Å². The molecule has 0 spiro atoms. The number of rotatable bonds is 8. The summed E-state index contributed by atoms with van der Waals surface area (Å²) in [6, 6.07) is 0. The normalized spacial score (nSPS) is 8.53. The molecule has 5 heteroatoms. The Morgan fingerprint density at radius 2 is 1.11 bits per heavy atom. The predicted molar refractivity (Wildman–Crippen MR) is 67.3 cm³/mol. The van der Waals surface area contributed by atoms with Crippen molar-refractivity contribution in [3.8, 4) is 0 Å². The van der Waals surface area contributed by atoms with E-state index in [0.717, 1.165) is 25.7 Å². The van der Waals surface area contributed by atoms with Gasteiger partial charge in [-0.2, -0.15) is 0 Å². The Morgan fingerprint density at radius 3 is 1.26 bits per heavy atom. The molecule has 0 aromatic carbocycles. The Balaban J connectivity index is -0.000000256. The first kappa shape index (κ1) is 23.2. The number of hydrogen-bond donors (Lipinski definition) is 0. The van der Waals surface area contributed by atoms with Crippen LogP contribution in [0.3, 0.4) is 0 Å². The Hall–Kier alpha value is -0.957. The fraction of sp³-hybridized carbons (Fsp3) is 0.571. The molecule has 0 saturated heterocycles. The van der Waals surface area contributed by atoms with Crippen LogP contribution in [0.4, 0.5) is 0 Å². The zero-order valence-corrected chi connectivity index (χ0v) is 15.0. The molecule has 0 aliphatic carbocycles. The number of carbonyl (C=O) groups excluding carboxylic acids is 2. The summed E-state index contributed by atoms with van der Waals surface area (Å²) in [7, 11) is 0. The van der Waals surface area contributed by atoms with Crippen LogP contribution in [0.5, 0.6) is 0 Å². The smallest absolute Gasteiger partial charge is 0.545 e. The third kappa shape index (κ3) is 17.0. The first-order valence-corrected chi connectivity index (χ1v) is 6.14. The molecule has 0 amide bonds. The Morgan fingerprint density at radius 1 is 0.842 bits per heavy atom. The molecule has 0 saturated carbocycles. The van der Waals surface area contributed by atoms with Crippen molar-refractivity contribution in [2.45, 2.75) is 52.4 Å². The molecule has 0 fully saturated rings. The first-order chi connectivity index (χ1) is 8.36. The molecule has 0 aromatic heterocycles. The van der Waals surface area contributed by atoms with E-state index in [1.165, 1.54) is 0 Å². The van der Waals surface area contributed by atoms with Crippen molar-refractivity contribution in [2.75, 3.05) is 0 Å². The molecule has 0 rings (SSSR count). The van der Waals surface area contributed by atoms with E-state index in [-0.39, 0.29) is 30.6 Å². The van der Waals surface area contributed by atoms with Crippen molar-refractivity contribution in [1.82, 2.24) is 0 Å². The van der Waals surface area contributed by atoms with Crippen LogP contribution in [0, 0.1) is 0 Å². The van der Waals surface area contributed by atoms with E-state index in [2.05, 4.69) is 13.2 Å². The fourth-order valence-corrected chi connectivity index (χ4v) is 0.984. The van der Waals surface area contributed by atoms with Crippen LogP contribution < -0.4 is 10.2 Å². The maximum absolute atomic E-state index is 9.99. The summed E-state index contributed by atoms with van der Waals surface area (Å²) in [6.45, 7) is 10.7. The Kier molecular flexibility index (Phi) is 18.4. The van der Waals surface area contributed by atoms with Gasteiger partial charge in [-0.15, -0.1) is 0 Å². The van der Waals surface area contributed by atoms with Gasteiger partial charge in [-0.25, -0.2) is 0 Å². The maximum atomic E-state index is 9.99. The molecule has 0 heterocycles. The van der Waals surface area contributed by atoms with Crippen LogP contribution in [-0.2, 0) is 29.1 Å². The molecule has 0 radical (unpaired) electrons. The van der Waals surface area contributed by atoms with Gasteiger partial charge in [0.25, 0.3) is 0 Å². The standard InChI is InChI=1S/2C7H12O2.Zn/c2*1-3-4-5-6(2)7(8)9;/h2*2-5H2,1H3,(H,8,9);/q;;+2/p-2. The largest absolute Gasteiger partial charge is 2.00 e. The van der Waals surface area contributed by atoms with E-state index in [4.69, 9.17) is 0 Å². The van der Waals surface area contributed by atoms with Crippen LogP contribution >= 0.6 is 0 Å². The minimum Gasteiger partial charge on any atom is -0.545 e. The van der Waals surface area contributed by atoms with E-state index in [9.17, 15) is 19.8 Å². The SMILES string of the molecule is C=C(CCCC)C(=O)[O-].C=C(CCCC)C(=O)[O-].[Zn+2]. The maximum Gasteiger partial charge on any atom is 2.00 e. The van der Waals surface area contributed by atoms with Crippen LogP contribution in [0.1, 0.15) is 52.4 Å². The number of carboxylic acids is 2. The van der Waals surface area contributed by atoms with Gasteiger partial charge >= 0.3 is 19.5 Å². The van der Waals surface area contributed by atoms with Crippen molar-refractivity contribution >= 4 is 11.9 Å². The Bertz CT molecular complexity index is 268. The molecule has 0 atom stereocenters. The molecular weight excluding hydrogens is 298 g/mol. The minimum atomic E-state index is -1.12. The van der Waals surface area contributed by atoms with Crippen LogP contribution in [0.15, 0.2) is 24.3 Å². The molecule has 19 heavy (non-hydrogen) atoms. The van der Waals surface area contributed by atoms with Gasteiger partial charge in [0, 0.05) is 0 Å². The van der Waals surface area contributed by atoms with Gasteiger partial charge in [0.1, 0.15) is 0 Å². The molecule has 0 N–H and O–H groups in total. The first-order valence-electron chi connectivity index (χ1n) is 6.14. The summed E-state index contributed by atoms with van der Waals surface area (Å²) >= 11 is 0. The molecule has 0 aliphatic rings. The van der Waals surface area contributed by atoms with Gasteiger partial charge in [-0.1, -0.05) is 39.8 Å². The van der Waals surface area contributed by atoms with Crippen LogP contribution in [0.2, 0.25) is 0 Å². The minimum absolute atomic E-state index is 0. The van der Waals surface area contributed by atoms with Gasteiger partial charge in [0.15, 0.2) is 0 Å². The summed E-state index contributed by atoms with van der Waals surface area (Å²) in [5, 5.41) is 20.0. The third-order valence-electron chi connectivity index (χ3n) is 2.24. The number of carboxylic acid groups (broad SMARTS) is 2. The van der Waals surface area contributed by atoms with E-state index < -0.39 is 11.9 Å². The van der Waals surface area contributed by atoms with Crippen molar-refractivity contribution in [3.05, 3.63) is 24.3 Å². The topological polar surface area (TPSA) is 80.3 Å². The van der Waals surface area contributed by atoms with E-state index >= 15 is 0 Å². The molecule has 0 aromatic rings. The number of aliphatic carboxylic acids is 2. The second-order valence-corrected chi connectivity index (χ2v) is 3.99. The van der Waals surface area contributed by atoms with Crippen LogP contribution in [-0.4, -0.2) is 11.9 Å². The molecule has 104 valence electrons. The monoisotopic (exact) mass is 318 g/mol. The molecule has 4 nitrogen and oxygen atoms in total. The van der Waals surface area contributed by atoms with Gasteiger partial charge < -0.3 is 19.8 Å². The molecular formula is C14H22O4Zn. The average Bonchev–Trinajstić information content (AvgIpc) is 2.33. The molecule has 0 aliphatic heterocycles. The van der Waals surface area contributed by atoms with E-state index in [1.54, 1.807) is 0 Å². The van der Waals surface area contributed by atoms with Gasteiger partial charge in [-0.3, -0.25) is 0 Å². The van der Waals surface area contributed by atoms with E-state index in [1.807, 2.05) is 13.8 Å². The Labute approximate surface area is 128 Å². The zero-order valence-electron chi connectivity index (χ0n) is 12.0. The van der Waals surface area contributed by atoms with Crippen molar-refractivity contribution in [2.24, 2.45) is 0 Å². The summed E-state index contributed by atoms with van der Waals surface area (Å²) in [5.74, 6) is -2.24. The van der Waals surface area contributed by atoms with Crippen molar-refractivity contribution in [1.29, 1.82) is 0 Å². The molecule has 0 unspecified atom stereocenters. The van der Waals surface area contributed by atoms with Crippen molar-refractivity contribution < 1.29 is 39.3 Å². The summed E-state index contributed by atoms with van der Waals surface area (Å²) in [4.78, 5) is 20.0. The van der Waals surface area contributed by atoms with Gasteiger partial charge in [0.05, 0.1) is 11.9 Å². The van der Waals surface area contributed by atoms with Gasteiger partial charge in [0.2, 0.25) is 0 Å².